The zero-order valence-corrected chi connectivity index (χ0v) is 10.9. The van der Waals surface area contributed by atoms with Gasteiger partial charge in [-0.3, -0.25) is 5.32 Å². The summed E-state index contributed by atoms with van der Waals surface area (Å²) in [4.78, 5) is 4.16. The van der Waals surface area contributed by atoms with E-state index in [1.54, 1.807) is 6.20 Å². The molecule has 0 saturated heterocycles. The van der Waals surface area contributed by atoms with Gasteiger partial charge in [-0.25, -0.2) is 4.98 Å². The molecule has 0 radical (unpaired) electrons. The number of pyridine rings is 1. The predicted octanol–water partition coefficient (Wildman–Crippen LogP) is 3.37. The first-order valence-corrected chi connectivity index (χ1v) is 6.20. The third-order valence-electron chi connectivity index (χ3n) is 2.33. The Labute approximate surface area is 109 Å². The van der Waals surface area contributed by atoms with Crippen LogP contribution in [0.5, 0.6) is 0 Å². The maximum absolute atomic E-state index is 6.08. The predicted molar refractivity (Wildman–Crippen MR) is 66.7 cm³/mol. The van der Waals surface area contributed by atoms with E-state index < -0.39 is 11.1 Å². The number of hydrogen-bond donors (Lipinski definition) is 2. The number of halogens is 3. The second-order valence-electron chi connectivity index (χ2n) is 3.38. The van der Waals surface area contributed by atoms with Gasteiger partial charge in [-0.2, -0.15) is 0 Å². The van der Waals surface area contributed by atoms with Gasteiger partial charge in [0.05, 0.1) is 11.1 Å². The standard InChI is InChI=1S/C9H6BrCl2N3O/c10-3-1-4-5-6(16-8(4)13-2-3)7(11)15-9(12)14-5/h1-2,7,9,14-15H. The Balaban J connectivity index is 2.27. The molecule has 3 rings (SSSR count). The molecule has 0 amide bonds. The van der Waals surface area contributed by atoms with Crippen molar-refractivity contribution in [1.29, 1.82) is 0 Å². The summed E-state index contributed by atoms with van der Waals surface area (Å²) >= 11 is 15.4. The molecule has 0 bridgehead atoms. The highest BCUT2D eigenvalue weighted by atomic mass is 79.9. The van der Waals surface area contributed by atoms with Crippen LogP contribution in [0.2, 0.25) is 0 Å². The van der Waals surface area contributed by atoms with E-state index in [9.17, 15) is 0 Å². The minimum absolute atomic E-state index is 0.421. The highest BCUT2D eigenvalue weighted by Gasteiger charge is 2.29. The fourth-order valence-electron chi connectivity index (χ4n) is 1.67. The molecule has 16 heavy (non-hydrogen) atoms. The first-order chi connectivity index (χ1) is 7.65. The van der Waals surface area contributed by atoms with Crippen LogP contribution in [0, 0.1) is 0 Å². The molecule has 84 valence electrons. The van der Waals surface area contributed by atoms with Gasteiger partial charge in [0.1, 0.15) is 5.50 Å². The number of nitrogens with zero attached hydrogens (tertiary/aromatic N) is 1. The minimum Gasteiger partial charge on any atom is -0.438 e. The molecule has 2 aromatic heterocycles. The lowest BCUT2D eigenvalue weighted by atomic mass is 10.2. The van der Waals surface area contributed by atoms with Gasteiger partial charge in [-0.05, 0) is 22.0 Å². The van der Waals surface area contributed by atoms with Crippen molar-refractivity contribution in [3.8, 4) is 0 Å². The molecule has 2 N–H and O–H groups in total. The summed E-state index contributed by atoms with van der Waals surface area (Å²) in [5.74, 6) is 0.610. The van der Waals surface area contributed by atoms with Crippen molar-refractivity contribution in [2.45, 2.75) is 11.1 Å². The van der Waals surface area contributed by atoms with Crippen LogP contribution in [0.4, 0.5) is 5.69 Å². The van der Waals surface area contributed by atoms with Crippen LogP contribution >= 0.6 is 39.1 Å². The van der Waals surface area contributed by atoms with E-state index in [2.05, 4.69) is 31.5 Å². The molecule has 1 aliphatic rings. The summed E-state index contributed by atoms with van der Waals surface area (Å²) in [6.45, 7) is 0. The van der Waals surface area contributed by atoms with E-state index in [1.165, 1.54) is 0 Å². The van der Waals surface area contributed by atoms with E-state index in [0.29, 0.717) is 11.5 Å². The van der Waals surface area contributed by atoms with Gasteiger partial charge in [0.15, 0.2) is 11.4 Å². The van der Waals surface area contributed by atoms with E-state index in [1.807, 2.05) is 6.07 Å². The number of anilines is 1. The summed E-state index contributed by atoms with van der Waals surface area (Å²) in [5, 5.41) is 6.82. The molecular formula is C9H6BrCl2N3O. The number of hydrogen-bond acceptors (Lipinski definition) is 4. The highest BCUT2D eigenvalue weighted by molar-refractivity contribution is 9.10. The van der Waals surface area contributed by atoms with E-state index in [4.69, 9.17) is 27.6 Å². The van der Waals surface area contributed by atoms with Crippen LogP contribution in [0.15, 0.2) is 21.2 Å². The van der Waals surface area contributed by atoms with Gasteiger partial charge in [0, 0.05) is 10.7 Å². The Bertz CT molecular complexity index is 559. The quantitative estimate of drug-likeness (QED) is 0.577. The minimum atomic E-state index is -0.452. The number of nitrogens with one attached hydrogen (secondary N) is 2. The van der Waals surface area contributed by atoms with Gasteiger partial charge in [-0.15, -0.1) is 0 Å². The molecule has 0 spiro atoms. The summed E-state index contributed by atoms with van der Waals surface area (Å²) in [7, 11) is 0. The summed E-state index contributed by atoms with van der Waals surface area (Å²) in [6.07, 6.45) is 1.67. The molecule has 0 aliphatic carbocycles. The molecule has 3 heterocycles. The van der Waals surface area contributed by atoms with Crippen molar-refractivity contribution in [1.82, 2.24) is 10.3 Å². The van der Waals surface area contributed by atoms with Crippen molar-refractivity contribution >= 4 is 55.9 Å². The van der Waals surface area contributed by atoms with Gasteiger partial charge in [0.25, 0.3) is 0 Å². The lowest BCUT2D eigenvalue weighted by molar-refractivity contribution is 0.483. The lowest BCUT2D eigenvalue weighted by Gasteiger charge is -2.23. The van der Waals surface area contributed by atoms with Crippen molar-refractivity contribution in [3.63, 3.8) is 0 Å². The van der Waals surface area contributed by atoms with E-state index >= 15 is 0 Å². The van der Waals surface area contributed by atoms with Crippen molar-refractivity contribution in [3.05, 3.63) is 22.5 Å². The molecule has 0 saturated carbocycles. The Morgan fingerprint density at radius 3 is 3.06 bits per heavy atom. The monoisotopic (exact) mass is 321 g/mol. The lowest BCUT2D eigenvalue weighted by Crippen LogP contribution is -2.36. The smallest absolute Gasteiger partial charge is 0.228 e. The zero-order chi connectivity index (χ0) is 11.3. The van der Waals surface area contributed by atoms with Crippen LogP contribution in [0.1, 0.15) is 11.3 Å². The third kappa shape index (κ3) is 1.59. The fraction of sp³-hybridized carbons (Fsp3) is 0.222. The molecule has 7 heteroatoms. The number of fused-ring (bicyclic) bond motifs is 3. The first-order valence-electron chi connectivity index (χ1n) is 4.54. The number of furan rings is 1. The normalized spacial score (nSPS) is 24.2. The van der Waals surface area contributed by atoms with Gasteiger partial charge in [-0.1, -0.05) is 23.2 Å². The Morgan fingerprint density at radius 2 is 2.25 bits per heavy atom. The molecule has 2 unspecified atom stereocenters. The van der Waals surface area contributed by atoms with Crippen LogP contribution in [-0.4, -0.2) is 10.6 Å². The second-order valence-corrected chi connectivity index (χ2v) is 5.17. The summed E-state index contributed by atoms with van der Waals surface area (Å²) < 4.78 is 6.43. The topological polar surface area (TPSA) is 50.1 Å². The number of rotatable bonds is 0. The molecule has 2 atom stereocenters. The fourth-order valence-corrected chi connectivity index (χ4v) is 2.59. The highest BCUT2D eigenvalue weighted by Crippen LogP contribution is 2.39. The Morgan fingerprint density at radius 1 is 1.44 bits per heavy atom. The SMILES string of the molecule is ClC1Nc2c(oc3ncc(Br)cc23)C(Cl)N1. The van der Waals surface area contributed by atoms with Crippen molar-refractivity contribution < 1.29 is 4.42 Å². The average molecular weight is 323 g/mol. The number of aromatic nitrogens is 1. The van der Waals surface area contributed by atoms with E-state index in [0.717, 1.165) is 15.5 Å². The van der Waals surface area contributed by atoms with Crippen LogP contribution in [0.25, 0.3) is 11.1 Å². The Hall–Kier alpha value is -0.490. The van der Waals surface area contributed by atoms with Gasteiger partial charge < -0.3 is 9.73 Å². The summed E-state index contributed by atoms with van der Waals surface area (Å²) in [6, 6.07) is 1.91. The molecule has 1 aliphatic heterocycles. The third-order valence-corrected chi connectivity index (χ3v) is 3.33. The van der Waals surface area contributed by atoms with Gasteiger partial charge >= 0.3 is 0 Å². The molecule has 4 nitrogen and oxygen atoms in total. The molecular weight excluding hydrogens is 317 g/mol. The molecule has 0 aromatic carbocycles. The van der Waals surface area contributed by atoms with Crippen LogP contribution in [0.3, 0.4) is 0 Å². The Kier molecular flexibility index (Phi) is 2.51. The van der Waals surface area contributed by atoms with Crippen molar-refractivity contribution in [2.24, 2.45) is 0 Å². The first kappa shape index (κ1) is 10.7. The maximum Gasteiger partial charge on any atom is 0.228 e. The molecule has 2 aromatic rings. The van der Waals surface area contributed by atoms with Gasteiger partial charge in [0.2, 0.25) is 5.71 Å². The maximum atomic E-state index is 6.08. The molecule has 0 fully saturated rings. The van der Waals surface area contributed by atoms with Crippen molar-refractivity contribution in [2.75, 3.05) is 5.32 Å². The zero-order valence-electron chi connectivity index (χ0n) is 7.80. The van der Waals surface area contributed by atoms with Crippen LogP contribution in [-0.2, 0) is 0 Å². The largest absolute Gasteiger partial charge is 0.438 e. The van der Waals surface area contributed by atoms with Crippen LogP contribution < -0.4 is 10.6 Å². The second kappa shape index (κ2) is 3.77. The summed E-state index contributed by atoms with van der Waals surface area (Å²) in [5.41, 5.74) is 0.461. The average Bonchev–Trinajstić information content (AvgIpc) is 2.57. The van der Waals surface area contributed by atoms with E-state index in [-0.39, 0.29) is 0 Å². The number of alkyl halides is 2.